The van der Waals surface area contributed by atoms with E-state index in [1.165, 1.54) is 10.6 Å². The molecule has 2 heterocycles. The fourth-order valence-corrected chi connectivity index (χ4v) is 4.59. The maximum atomic E-state index is 13.2. The van der Waals surface area contributed by atoms with Gasteiger partial charge in [-0.05, 0) is 43.3 Å². The van der Waals surface area contributed by atoms with Crippen molar-refractivity contribution in [2.45, 2.75) is 19.4 Å². The second-order valence-electron chi connectivity index (χ2n) is 9.04. The second-order valence-corrected chi connectivity index (χ2v) is 9.04. The lowest BCUT2D eigenvalue weighted by atomic mass is 10.1. The molecule has 0 aromatic heterocycles. The highest BCUT2D eigenvalue weighted by Gasteiger charge is 2.35. The molecule has 196 valence electrons. The Morgan fingerprint density at radius 1 is 0.973 bits per heavy atom. The first-order valence-electron chi connectivity index (χ1n) is 12.6. The SMILES string of the molecule is CCOC(=O)c1ccc(NC(=O)CC2C(=O)NCCN2C(=O)CN2CCN(c3ccccc3)CC2)cc1. The number of hydrogen-bond acceptors (Lipinski definition) is 7. The molecule has 37 heavy (non-hydrogen) atoms. The van der Waals surface area contributed by atoms with Gasteiger partial charge in [-0.3, -0.25) is 19.3 Å². The Hall–Kier alpha value is -3.92. The number of piperazine rings is 2. The molecular formula is C27H33N5O5. The maximum absolute atomic E-state index is 13.2. The van der Waals surface area contributed by atoms with Gasteiger partial charge in [0, 0.05) is 50.6 Å². The van der Waals surface area contributed by atoms with E-state index >= 15 is 0 Å². The lowest BCUT2D eigenvalue weighted by molar-refractivity contribution is -0.145. The number of anilines is 2. The number of ether oxygens (including phenoxy) is 1. The Kier molecular flexibility index (Phi) is 8.73. The minimum absolute atomic E-state index is 0.153. The molecule has 10 heteroatoms. The first-order chi connectivity index (χ1) is 17.9. The third kappa shape index (κ3) is 6.85. The van der Waals surface area contributed by atoms with Crippen LogP contribution < -0.4 is 15.5 Å². The van der Waals surface area contributed by atoms with Crippen LogP contribution in [0.5, 0.6) is 0 Å². The van der Waals surface area contributed by atoms with Gasteiger partial charge in [-0.25, -0.2) is 4.79 Å². The molecule has 2 aromatic rings. The molecule has 2 N–H and O–H groups in total. The molecule has 1 unspecified atom stereocenters. The van der Waals surface area contributed by atoms with E-state index in [-0.39, 0.29) is 37.3 Å². The molecule has 10 nitrogen and oxygen atoms in total. The summed E-state index contributed by atoms with van der Waals surface area (Å²) in [6, 6.07) is 15.6. The number of nitrogens with zero attached hydrogens (tertiary/aromatic N) is 3. The van der Waals surface area contributed by atoms with Crippen molar-refractivity contribution in [1.82, 2.24) is 15.1 Å². The fraction of sp³-hybridized carbons (Fsp3) is 0.407. The van der Waals surface area contributed by atoms with Crippen LogP contribution in [0.3, 0.4) is 0 Å². The van der Waals surface area contributed by atoms with Gasteiger partial charge in [-0.1, -0.05) is 18.2 Å². The quantitative estimate of drug-likeness (QED) is 0.519. The topological polar surface area (TPSA) is 111 Å². The predicted octanol–water partition coefficient (Wildman–Crippen LogP) is 1.34. The van der Waals surface area contributed by atoms with Crippen molar-refractivity contribution < 1.29 is 23.9 Å². The Labute approximate surface area is 216 Å². The highest BCUT2D eigenvalue weighted by Crippen LogP contribution is 2.17. The van der Waals surface area contributed by atoms with Crippen LogP contribution in [-0.2, 0) is 19.1 Å². The van der Waals surface area contributed by atoms with Crippen LogP contribution in [0, 0.1) is 0 Å². The molecule has 0 bridgehead atoms. The van der Waals surface area contributed by atoms with E-state index in [4.69, 9.17) is 4.74 Å². The Morgan fingerprint density at radius 2 is 1.68 bits per heavy atom. The van der Waals surface area contributed by atoms with Crippen LogP contribution in [0.4, 0.5) is 11.4 Å². The molecule has 2 aliphatic heterocycles. The third-order valence-corrected chi connectivity index (χ3v) is 6.56. The zero-order valence-corrected chi connectivity index (χ0v) is 21.0. The first-order valence-corrected chi connectivity index (χ1v) is 12.6. The minimum Gasteiger partial charge on any atom is -0.462 e. The van der Waals surface area contributed by atoms with Crippen molar-refractivity contribution >= 4 is 35.1 Å². The van der Waals surface area contributed by atoms with Gasteiger partial charge >= 0.3 is 5.97 Å². The average molecular weight is 508 g/mol. The number of amides is 3. The van der Waals surface area contributed by atoms with Gasteiger partial charge in [-0.2, -0.15) is 0 Å². The summed E-state index contributed by atoms with van der Waals surface area (Å²) in [4.78, 5) is 56.2. The van der Waals surface area contributed by atoms with Gasteiger partial charge in [0.15, 0.2) is 0 Å². The summed E-state index contributed by atoms with van der Waals surface area (Å²) >= 11 is 0. The molecule has 0 aliphatic carbocycles. The Bertz CT molecular complexity index is 1100. The highest BCUT2D eigenvalue weighted by atomic mass is 16.5. The molecule has 0 radical (unpaired) electrons. The van der Waals surface area contributed by atoms with Crippen LogP contribution in [0.1, 0.15) is 23.7 Å². The number of carbonyl (C=O) groups excluding carboxylic acids is 4. The van der Waals surface area contributed by atoms with E-state index in [1.54, 1.807) is 31.2 Å². The lowest BCUT2D eigenvalue weighted by Gasteiger charge is -2.39. The van der Waals surface area contributed by atoms with Gasteiger partial charge in [0.25, 0.3) is 0 Å². The summed E-state index contributed by atoms with van der Waals surface area (Å²) < 4.78 is 4.96. The number of hydrogen-bond donors (Lipinski definition) is 2. The molecule has 4 rings (SSSR count). The van der Waals surface area contributed by atoms with Gasteiger partial charge in [0.05, 0.1) is 25.1 Å². The standard InChI is InChI=1S/C27H33N5O5/c1-2-37-27(36)20-8-10-21(11-9-20)29-24(33)18-23-26(35)28-12-13-32(23)25(34)19-30-14-16-31(17-15-30)22-6-4-3-5-7-22/h3-11,23H,2,12-19H2,1H3,(H,28,35)(H,29,33). The van der Waals surface area contributed by atoms with Crippen LogP contribution in [0.15, 0.2) is 54.6 Å². The van der Waals surface area contributed by atoms with Crippen LogP contribution in [-0.4, -0.2) is 92.0 Å². The zero-order valence-electron chi connectivity index (χ0n) is 21.0. The van der Waals surface area contributed by atoms with E-state index in [0.29, 0.717) is 24.3 Å². The molecule has 1 atom stereocenters. The summed E-state index contributed by atoms with van der Waals surface area (Å²) in [6.45, 7) is 6.07. The van der Waals surface area contributed by atoms with E-state index in [1.807, 2.05) is 18.2 Å². The predicted molar refractivity (Wildman–Crippen MR) is 139 cm³/mol. The smallest absolute Gasteiger partial charge is 0.338 e. The first kappa shape index (κ1) is 26.2. The van der Waals surface area contributed by atoms with Gasteiger partial charge < -0.3 is 25.2 Å². The largest absolute Gasteiger partial charge is 0.462 e. The van der Waals surface area contributed by atoms with E-state index in [0.717, 1.165) is 26.2 Å². The normalized spacial score (nSPS) is 18.2. The summed E-state index contributed by atoms with van der Waals surface area (Å²) in [5.41, 5.74) is 2.04. The number of benzene rings is 2. The average Bonchev–Trinajstić information content (AvgIpc) is 2.91. The van der Waals surface area contributed by atoms with Crippen molar-refractivity contribution in [2.24, 2.45) is 0 Å². The summed E-state index contributed by atoms with van der Waals surface area (Å²) in [5, 5.41) is 5.51. The maximum Gasteiger partial charge on any atom is 0.338 e. The summed E-state index contributed by atoms with van der Waals surface area (Å²) in [6.07, 6.45) is -0.154. The van der Waals surface area contributed by atoms with Crippen LogP contribution in [0.2, 0.25) is 0 Å². The van der Waals surface area contributed by atoms with Gasteiger partial charge in [0.1, 0.15) is 6.04 Å². The number of esters is 1. The van der Waals surface area contributed by atoms with Gasteiger partial charge in [-0.15, -0.1) is 0 Å². The zero-order chi connectivity index (χ0) is 26.2. The van der Waals surface area contributed by atoms with Crippen molar-refractivity contribution in [3.63, 3.8) is 0 Å². The van der Waals surface area contributed by atoms with E-state index in [9.17, 15) is 19.2 Å². The third-order valence-electron chi connectivity index (χ3n) is 6.56. The molecule has 3 amide bonds. The molecule has 0 spiro atoms. The molecule has 2 aliphatic rings. The summed E-state index contributed by atoms with van der Waals surface area (Å²) in [7, 11) is 0. The molecule has 2 aromatic carbocycles. The second kappa shape index (κ2) is 12.4. The monoisotopic (exact) mass is 507 g/mol. The van der Waals surface area contributed by atoms with Crippen molar-refractivity contribution in [1.29, 1.82) is 0 Å². The molecule has 2 fully saturated rings. The van der Waals surface area contributed by atoms with Crippen LogP contribution in [0.25, 0.3) is 0 Å². The number of carbonyl (C=O) groups is 4. The Balaban J connectivity index is 1.30. The van der Waals surface area contributed by atoms with Crippen molar-refractivity contribution in [3.05, 3.63) is 60.2 Å². The molecular weight excluding hydrogens is 474 g/mol. The summed E-state index contributed by atoms with van der Waals surface area (Å²) in [5.74, 6) is -1.31. The van der Waals surface area contributed by atoms with E-state index in [2.05, 4.69) is 32.6 Å². The Morgan fingerprint density at radius 3 is 2.35 bits per heavy atom. The van der Waals surface area contributed by atoms with E-state index < -0.39 is 12.0 Å². The lowest BCUT2D eigenvalue weighted by Crippen LogP contribution is -2.60. The number of rotatable bonds is 8. The van der Waals surface area contributed by atoms with Crippen molar-refractivity contribution in [3.8, 4) is 0 Å². The highest BCUT2D eigenvalue weighted by molar-refractivity contribution is 5.98. The fourth-order valence-electron chi connectivity index (χ4n) is 4.59. The number of nitrogens with one attached hydrogen (secondary N) is 2. The number of para-hydroxylation sites is 1. The minimum atomic E-state index is -0.870. The van der Waals surface area contributed by atoms with Crippen LogP contribution >= 0.6 is 0 Å². The van der Waals surface area contributed by atoms with Crippen molar-refractivity contribution in [2.75, 3.05) is 62.6 Å². The molecule has 2 saturated heterocycles. The van der Waals surface area contributed by atoms with Gasteiger partial charge in [0.2, 0.25) is 17.7 Å². The molecule has 0 saturated carbocycles.